The Morgan fingerprint density at radius 2 is 0.487 bits per heavy atom. The fourth-order valence-electron chi connectivity index (χ4n) is 9.97. The van der Waals surface area contributed by atoms with Gasteiger partial charge in [0.25, 0.3) is 0 Å². The normalized spacial score (nSPS) is 12.6. The third-order valence-electron chi connectivity index (χ3n) is 15.1. The summed E-state index contributed by atoms with van der Waals surface area (Å²) in [6.07, 6.45) is 90.4. The number of hydrogen-bond acceptors (Lipinski definition) is 6. The highest BCUT2D eigenvalue weighted by Crippen LogP contribution is 2.17. The van der Waals surface area contributed by atoms with Crippen LogP contribution in [0.3, 0.4) is 0 Å². The second-order valence-electron chi connectivity index (χ2n) is 23.1. The third-order valence-corrected chi connectivity index (χ3v) is 15.1. The maximum absolute atomic E-state index is 12.9. The predicted molar refractivity (Wildman–Crippen MR) is 348 cm³/mol. The van der Waals surface area contributed by atoms with Gasteiger partial charge >= 0.3 is 17.9 Å². The van der Waals surface area contributed by atoms with Gasteiger partial charge in [-0.05, 0) is 96.3 Å². The number of hydrogen-bond donors (Lipinski definition) is 0. The predicted octanol–water partition coefficient (Wildman–Crippen LogP) is 23.8. The Labute approximate surface area is 496 Å². The molecule has 0 rings (SSSR count). The number of allylic oxidation sites excluding steroid dienone is 14. The highest BCUT2D eigenvalue weighted by molar-refractivity contribution is 5.71. The lowest BCUT2D eigenvalue weighted by Gasteiger charge is -2.18. The van der Waals surface area contributed by atoms with Gasteiger partial charge in [0.15, 0.2) is 6.10 Å². The lowest BCUT2D eigenvalue weighted by atomic mass is 10.0. The van der Waals surface area contributed by atoms with Crippen molar-refractivity contribution in [3.8, 4) is 0 Å². The molecule has 1 unspecified atom stereocenters. The summed E-state index contributed by atoms with van der Waals surface area (Å²) >= 11 is 0. The maximum atomic E-state index is 12.9. The van der Waals surface area contributed by atoms with Crippen molar-refractivity contribution in [1.29, 1.82) is 0 Å². The Bertz CT molecular complexity index is 1520. The molecule has 0 amide bonds. The molecule has 0 aliphatic carbocycles. The van der Waals surface area contributed by atoms with Crippen molar-refractivity contribution in [1.82, 2.24) is 0 Å². The van der Waals surface area contributed by atoms with Crippen molar-refractivity contribution in [3.05, 3.63) is 85.1 Å². The second kappa shape index (κ2) is 68.1. The van der Waals surface area contributed by atoms with Gasteiger partial charge in [-0.15, -0.1) is 0 Å². The van der Waals surface area contributed by atoms with Gasteiger partial charge < -0.3 is 14.2 Å². The quantitative estimate of drug-likeness (QED) is 0.0261. The van der Waals surface area contributed by atoms with Crippen molar-refractivity contribution in [2.75, 3.05) is 13.2 Å². The number of rotatable bonds is 63. The van der Waals surface area contributed by atoms with Crippen LogP contribution in [0.2, 0.25) is 0 Å². The molecule has 0 saturated carbocycles. The summed E-state index contributed by atoms with van der Waals surface area (Å²) in [6, 6.07) is 0. The largest absolute Gasteiger partial charge is 0.462 e. The van der Waals surface area contributed by atoms with E-state index >= 15 is 0 Å². The van der Waals surface area contributed by atoms with E-state index in [1.807, 2.05) is 0 Å². The zero-order chi connectivity index (χ0) is 57.8. The lowest BCUT2D eigenvalue weighted by Crippen LogP contribution is -2.30. The Kier molecular flexibility index (Phi) is 65.2. The van der Waals surface area contributed by atoms with Crippen LogP contribution in [0.15, 0.2) is 85.1 Å². The van der Waals surface area contributed by atoms with E-state index in [9.17, 15) is 14.4 Å². The van der Waals surface area contributed by atoms with Crippen molar-refractivity contribution in [2.24, 2.45) is 0 Å². The van der Waals surface area contributed by atoms with Gasteiger partial charge in [0, 0.05) is 19.3 Å². The topological polar surface area (TPSA) is 78.9 Å². The molecule has 0 spiro atoms. The fourth-order valence-corrected chi connectivity index (χ4v) is 9.97. The summed E-state index contributed by atoms with van der Waals surface area (Å²) < 4.78 is 16.9. The molecule has 462 valence electrons. The molecule has 0 aliphatic heterocycles. The van der Waals surface area contributed by atoms with E-state index in [1.54, 1.807) is 0 Å². The molecule has 0 bridgehead atoms. The van der Waals surface area contributed by atoms with Gasteiger partial charge in [-0.25, -0.2) is 0 Å². The van der Waals surface area contributed by atoms with Crippen LogP contribution in [-0.4, -0.2) is 37.2 Å². The van der Waals surface area contributed by atoms with E-state index in [4.69, 9.17) is 14.2 Å². The maximum Gasteiger partial charge on any atom is 0.306 e. The number of esters is 3. The third kappa shape index (κ3) is 65.4. The van der Waals surface area contributed by atoms with E-state index in [0.29, 0.717) is 19.3 Å². The smallest absolute Gasteiger partial charge is 0.306 e. The summed E-state index contributed by atoms with van der Waals surface area (Å²) in [5.74, 6) is -0.866. The summed E-state index contributed by atoms with van der Waals surface area (Å²) in [6.45, 7) is 6.54. The first kappa shape index (κ1) is 76.6. The van der Waals surface area contributed by atoms with Crippen LogP contribution in [0.5, 0.6) is 0 Å². The number of carbonyl (C=O) groups is 3. The van der Waals surface area contributed by atoms with Crippen LogP contribution < -0.4 is 0 Å². The van der Waals surface area contributed by atoms with Crippen molar-refractivity contribution < 1.29 is 28.6 Å². The van der Waals surface area contributed by atoms with Crippen molar-refractivity contribution in [3.63, 3.8) is 0 Å². The van der Waals surface area contributed by atoms with Crippen molar-refractivity contribution in [2.45, 2.75) is 354 Å². The summed E-state index contributed by atoms with van der Waals surface area (Å²) in [5.41, 5.74) is 0. The molecule has 80 heavy (non-hydrogen) atoms. The minimum Gasteiger partial charge on any atom is -0.462 e. The molecular weight excluding hydrogens is 985 g/mol. The van der Waals surface area contributed by atoms with E-state index < -0.39 is 6.10 Å². The standard InChI is InChI=1S/C74H130O6/c1-4-7-10-13-16-19-22-24-26-28-30-32-34-36-37-39-40-42-44-46-48-50-52-55-58-61-64-67-73(76)79-70-71(69-78-72(75)66-63-60-57-54-21-18-15-12-9-6-3)80-74(77)68-65-62-59-56-53-51-49-47-45-43-41-38-35-33-31-29-27-25-23-20-17-14-11-8-5-2/h8,11,17,20,22,24-25,27-28,30-31,33,38,41,71H,4-7,9-10,12-16,18-19,21,23,26,29,32,34-37,39-40,42-70H2,1-3H3/b11-8-,20-17-,24-22-,27-25-,30-28-,33-31-,41-38-. The lowest BCUT2D eigenvalue weighted by molar-refractivity contribution is -0.167. The highest BCUT2D eigenvalue weighted by atomic mass is 16.6. The SMILES string of the molecule is CC/C=C\C/C=C\C/C=C\C/C=C\C/C=C\CCCCCCCCCCCC(=O)OC(COC(=O)CCCCCCCCCCCC)COC(=O)CCCCCCCCCCCCCCCCC/C=C\C/C=C\CCCCCCC. The highest BCUT2D eigenvalue weighted by Gasteiger charge is 2.19. The summed E-state index contributed by atoms with van der Waals surface area (Å²) in [4.78, 5) is 38.3. The first-order valence-corrected chi connectivity index (χ1v) is 34.6. The summed E-state index contributed by atoms with van der Waals surface area (Å²) in [7, 11) is 0. The summed E-state index contributed by atoms with van der Waals surface area (Å²) in [5, 5.41) is 0. The Morgan fingerprint density at radius 1 is 0.263 bits per heavy atom. The van der Waals surface area contributed by atoms with Crippen LogP contribution in [-0.2, 0) is 28.6 Å². The van der Waals surface area contributed by atoms with Gasteiger partial charge in [-0.2, -0.15) is 0 Å². The van der Waals surface area contributed by atoms with Crippen LogP contribution >= 0.6 is 0 Å². The molecule has 0 aliphatic rings. The zero-order valence-electron chi connectivity index (χ0n) is 53.1. The molecule has 0 aromatic carbocycles. The minimum atomic E-state index is -0.779. The molecule has 0 saturated heterocycles. The van der Waals surface area contributed by atoms with Crippen LogP contribution in [0.4, 0.5) is 0 Å². The van der Waals surface area contributed by atoms with E-state index in [1.165, 1.54) is 205 Å². The Morgan fingerprint density at radius 3 is 0.762 bits per heavy atom. The minimum absolute atomic E-state index is 0.0752. The molecule has 0 heterocycles. The van der Waals surface area contributed by atoms with E-state index in [-0.39, 0.29) is 31.1 Å². The molecule has 0 aromatic heterocycles. The first-order chi connectivity index (χ1) is 39.5. The zero-order valence-corrected chi connectivity index (χ0v) is 53.1. The molecule has 0 radical (unpaired) electrons. The molecular formula is C74H130O6. The number of carbonyl (C=O) groups excluding carboxylic acids is 3. The molecule has 0 fully saturated rings. The Hall–Kier alpha value is -3.41. The molecule has 1 atom stereocenters. The van der Waals surface area contributed by atoms with Gasteiger partial charge in [0.1, 0.15) is 13.2 Å². The van der Waals surface area contributed by atoms with Crippen LogP contribution in [0.1, 0.15) is 348 Å². The van der Waals surface area contributed by atoms with Crippen LogP contribution in [0.25, 0.3) is 0 Å². The van der Waals surface area contributed by atoms with Crippen molar-refractivity contribution >= 4 is 17.9 Å². The molecule has 0 aromatic rings. The second-order valence-corrected chi connectivity index (χ2v) is 23.1. The van der Waals surface area contributed by atoms with Gasteiger partial charge in [0.2, 0.25) is 0 Å². The molecule has 6 heteroatoms. The monoisotopic (exact) mass is 1110 g/mol. The van der Waals surface area contributed by atoms with E-state index in [0.717, 1.165) is 103 Å². The molecule has 6 nitrogen and oxygen atoms in total. The molecule has 0 N–H and O–H groups in total. The Balaban J connectivity index is 4.20. The number of ether oxygens (including phenoxy) is 3. The fraction of sp³-hybridized carbons (Fsp3) is 0.770. The number of unbranched alkanes of at least 4 members (excludes halogenated alkanes) is 38. The average molecular weight is 1120 g/mol. The van der Waals surface area contributed by atoms with Gasteiger partial charge in [0.05, 0.1) is 0 Å². The van der Waals surface area contributed by atoms with Gasteiger partial charge in [-0.3, -0.25) is 14.4 Å². The first-order valence-electron chi connectivity index (χ1n) is 34.6. The average Bonchev–Trinajstić information content (AvgIpc) is 3.46. The van der Waals surface area contributed by atoms with Crippen LogP contribution in [0, 0.1) is 0 Å². The van der Waals surface area contributed by atoms with Gasteiger partial charge in [-0.1, -0.05) is 318 Å². The van der Waals surface area contributed by atoms with E-state index in [2.05, 4.69) is 106 Å².